The molecule has 2 aromatic heterocycles. The summed E-state index contributed by atoms with van der Waals surface area (Å²) in [7, 11) is 0. The molecule has 0 spiro atoms. The van der Waals surface area contributed by atoms with E-state index in [1.54, 1.807) is 11.1 Å². The Hall–Kier alpha value is -2.25. The third kappa shape index (κ3) is 4.28. The first-order valence-corrected chi connectivity index (χ1v) is 9.95. The van der Waals surface area contributed by atoms with E-state index in [4.69, 9.17) is 0 Å². The molecule has 0 saturated carbocycles. The lowest BCUT2D eigenvalue weighted by Crippen LogP contribution is -2.32. The number of hydrogen-bond donors (Lipinski definition) is 0. The highest BCUT2D eigenvalue weighted by Gasteiger charge is 2.21. The normalized spacial score (nSPS) is 10.9. The van der Waals surface area contributed by atoms with Crippen molar-refractivity contribution in [3.05, 3.63) is 53.3 Å². The maximum absolute atomic E-state index is 12.8. The Morgan fingerprint density at radius 2 is 1.96 bits per heavy atom. The van der Waals surface area contributed by atoms with Crippen molar-refractivity contribution in [2.45, 2.75) is 27.3 Å². The molecule has 1 aromatic carbocycles. The third-order valence-corrected chi connectivity index (χ3v) is 5.81. The van der Waals surface area contributed by atoms with E-state index >= 15 is 0 Å². The predicted octanol–water partition coefficient (Wildman–Crippen LogP) is 4.12. The number of aromatic nitrogens is 2. The number of carbonyl (C=O) groups excluding carboxylic acids is 2. The van der Waals surface area contributed by atoms with Crippen LogP contribution in [0.5, 0.6) is 0 Å². The van der Waals surface area contributed by atoms with E-state index < -0.39 is 0 Å². The highest BCUT2D eigenvalue weighted by atomic mass is 32.2. The molecule has 0 saturated heterocycles. The average Bonchev–Trinajstić information content (AvgIpc) is 3.01. The van der Waals surface area contributed by atoms with E-state index in [-0.39, 0.29) is 16.8 Å². The van der Waals surface area contributed by atoms with E-state index in [2.05, 4.69) is 23.0 Å². The van der Waals surface area contributed by atoms with Crippen molar-refractivity contribution in [1.82, 2.24) is 9.97 Å². The van der Waals surface area contributed by atoms with Crippen LogP contribution in [0.4, 0.5) is 5.13 Å². The fourth-order valence-corrected chi connectivity index (χ4v) is 3.99. The Bertz CT molecular complexity index is 915. The number of pyridine rings is 1. The van der Waals surface area contributed by atoms with Gasteiger partial charge in [0, 0.05) is 13.1 Å². The molecule has 0 fully saturated rings. The number of hydrogen-bond acceptors (Lipinski definition) is 6. The second-order valence-corrected chi connectivity index (χ2v) is 8.14. The van der Waals surface area contributed by atoms with Crippen LogP contribution in [0, 0.1) is 13.8 Å². The number of amides is 1. The van der Waals surface area contributed by atoms with E-state index in [0.29, 0.717) is 11.7 Å². The van der Waals surface area contributed by atoms with Gasteiger partial charge in [-0.25, -0.2) is 4.98 Å². The minimum Gasteiger partial charge on any atom is -0.288 e. The zero-order valence-corrected chi connectivity index (χ0v) is 16.5. The van der Waals surface area contributed by atoms with E-state index in [1.165, 1.54) is 29.4 Å². The molecule has 0 aliphatic heterocycles. The van der Waals surface area contributed by atoms with Crippen LogP contribution in [-0.4, -0.2) is 26.7 Å². The van der Waals surface area contributed by atoms with Crippen LogP contribution < -0.4 is 4.90 Å². The molecule has 0 unspecified atom stereocenters. The summed E-state index contributed by atoms with van der Waals surface area (Å²) in [6.45, 7) is 5.91. The second kappa shape index (κ2) is 7.97. The lowest BCUT2D eigenvalue weighted by molar-refractivity contribution is -0.116. The van der Waals surface area contributed by atoms with Crippen molar-refractivity contribution in [2.24, 2.45) is 0 Å². The third-order valence-electron chi connectivity index (χ3n) is 3.97. The summed E-state index contributed by atoms with van der Waals surface area (Å²) in [6.07, 6.45) is 1.70. The van der Waals surface area contributed by atoms with Gasteiger partial charge in [0.15, 0.2) is 10.2 Å². The van der Waals surface area contributed by atoms with Gasteiger partial charge in [-0.15, -0.1) is 0 Å². The lowest BCUT2D eigenvalue weighted by Gasteiger charge is -2.19. The number of benzene rings is 1. The first-order valence-electron chi connectivity index (χ1n) is 8.15. The fourth-order valence-electron chi connectivity index (χ4n) is 2.44. The van der Waals surface area contributed by atoms with Gasteiger partial charge >= 0.3 is 0 Å². The van der Waals surface area contributed by atoms with E-state index in [0.717, 1.165) is 27.7 Å². The van der Waals surface area contributed by atoms with Crippen molar-refractivity contribution in [3.63, 3.8) is 0 Å². The summed E-state index contributed by atoms with van der Waals surface area (Å²) in [5.41, 5.74) is 4.03. The molecule has 0 aliphatic rings. The fraction of sp³-hybridized carbons (Fsp3) is 0.263. The van der Waals surface area contributed by atoms with Crippen molar-refractivity contribution in [2.75, 3.05) is 10.7 Å². The van der Waals surface area contributed by atoms with Crippen molar-refractivity contribution >= 4 is 49.5 Å². The molecule has 0 atom stereocenters. The van der Waals surface area contributed by atoms with Crippen molar-refractivity contribution < 1.29 is 9.59 Å². The minimum absolute atomic E-state index is 0.0771. The number of thiazole rings is 1. The zero-order chi connectivity index (χ0) is 18.7. The Morgan fingerprint density at radius 1 is 1.19 bits per heavy atom. The summed E-state index contributed by atoms with van der Waals surface area (Å²) in [5, 5.41) is 0.552. The average molecular weight is 386 g/mol. The molecular weight excluding hydrogens is 366 g/mol. The number of fused-ring (bicyclic) bond motifs is 1. The number of carbonyl (C=O) groups is 2. The molecule has 0 aliphatic carbocycles. The van der Waals surface area contributed by atoms with Crippen molar-refractivity contribution in [1.29, 1.82) is 0 Å². The maximum Gasteiger partial charge on any atom is 0.239 e. The van der Waals surface area contributed by atoms with Crippen LogP contribution >= 0.6 is 23.1 Å². The van der Waals surface area contributed by atoms with E-state index in [9.17, 15) is 9.59 Å². The van der Waals surface area contributed by atoms with Gasteiger partial charge in [-0.2, -0.15) is 0 Å². The topological polar surface area (TPSA) is 63.2 Å². The molecule has 5 nitrogen and oxygen atoms in total. The van der Waals surface area contributed by atoms with Gasteiger partial charge in [0.05, 0.1) is 28.2 Å². The largest absolute Gasteiger partial charge is 0.288 e. The summed E-state index contributed by atoms with van der Waals surface area (Å²) in [6, 6.07) is 9.74. The summed E-state index contributed by atoms with van der Waals surface area (Å²) in [5.74, 6) is -0.0563. The molecule has 0 bridgehead atoms. The molecule has 1 amide bonds. The van der Waals surface area contributed by atoms with Gasteiger partial charge in [-0.3, -0.25) is 19.5 Å². The standard InChI is InChI=1S/C19H19N3O2S2/c1-12-8-16-17(9-13(12)2)26-19(21-16)22(18(24)11-25-14(3)23)10-15-6-4-5-7-20-15/h4-9H,10-11H2,1-3H3. The molecule has 0 radical (unpaired) electrons. The number of aryl methyl sites for hydroxylation is 2. The highest BCUT2D eigenvalue weighted by molar-refractivity contribution is 8.14. The van der Waals surface area contributed by atoms with Crippen molar-refractivity contribution in [3.8, 4) is 0 Å². The number of anilines is 1. The van der Waals surface area contributed by atoms with Crippen LogP contribution in [0.15, 0.2) is 36.5 Å². The van der Waals surface area contributed by atoms with Gasteiger partial charge in [0.2, 0.25) is 5.91 Å². The molecule has 0 N–H and O–H groups in total. The summed E-state index contributed by atoms with van der Waals surface area (Å²) in [4.78, 5) is 34.6. The molecule has 134 valence electrons. The van der Waals surface area contributed by atoms with Gasteiger partial charge in [-0.05, 0) is 49.2 Å². The zero-order valence-electron chi connectivity index (χ0n) is 14.9. The highest BCUT2D eigenvalue weighted by Crippen LogP contribution is 2.32. The van der Waals surface area contributed by atoms with Gasteiger partial charge in [-0.1, -0.05) is 29.2 Å². The number of rotatable bonds is 5. The van der Waals surface area contributed by atoms with Crippen LogP contribution in [0.2, 0.25) is 0 Å². The number of nitrogens with zero attached hydrogens (tertiary/aromatic N) is 3. The Kier molecular flexibility index (Phi) is 5.68. The first kappa shape index (κ1) is 18.5. The Morgan fingerprint density at radius 3 is 2.65 bits per heavy atom. The maximum atomic E-state index is 12.8. The van der Waals surface area contributed by atoms with Crippen LogP contribution in [0.3, 0.4) is 0 Å². The molecule has 2 heterocycles. The van der Waals surface area contributed by atoms with E-state index in [1.807, 2.05) is 31.2 Å². The van der Waals surface area contributed by atoms with Crippen LogP contribution in [0.25, 0.3) is 10.2 Å². The molecule has 3 aromatic rings. The van der Waals surface area contributed by atoms with Gasteiger partial charge < -0.3 is 0 Å². The minimum atomic E-state index is -0.150. The van der Waals surface area contributed by atoms with Crippen LogP contribution in [0.1, 0.15) is 23.7 Å². The molecule has 26 heavy (non-hydrogen) atoms. The Balaban J connectivity index is 1.96. The number of thioether (sulfide) groups is 1. The molecule has 3 rings (SSSR count). The quantitative estimate of drug-likeness (QED) is 0.661. The molecule has 7 heteroatoms. The van der Waals surface area contributed by atoms with Gasteiger partial charge in [0.1, 0.15) is 0 Å². The monoisotopic (exact) mass is 385 g/mol. The first-order chi connectivity index (χ1) is 12.4. The SMILES string of the molecule is CC(=O)SCC(=O)N(Cc1ccccn1)c1nc2cc(C)c(C)cc2s1. The smallest absolute Gasteiger partial charge is 0.239 e. The van der Waals surface area contributed by atoms with Crippen LogP contribution in [-0.2, 0) is 16.1 Å². The second-order valence-electron chi connectivity index (χ2n) is 5.98. The Labute approximate surface area is 160 Å². The molecular formula is C19H19N3O2S2. The lowest BCUT2D eigenvalue weighted by atomic mass is 10.1. The summed E-state index contributed by atoms with van der Waals surface area (Å²) >= 11 is 2.49. The summed E-state index contributed by atoms with van der Waals surface area (Å²) < 4.78 is 1.04. The predicted molar refractivity (Wildman–Crippen MR) is 108 cm³/mol. The van der Waals surface area contributed by atoms with Gasteiger partial charge in [0.25, 0.3) is 0 Å².